The molecule has 2 nitrogen and oxygen atoms in total. The second-order valence-corrected chi connectivity index (χ2v) is 5.15. The topological polar surface area (TPSA) is 27.0 Å². The van der Waals surface area contributed by atoms with Crippen molar-refractivity contribution in [2.45, 2.75) is 31.4 Å². The summed E-state index contributed by atoms with van der Waals surface area (Å²) in [5.74, 6) is 0. The maximum absolute atomic E-state index is 8.97. The molecule has 0 aromatic rings. The minimum atomic E-state index is 0.602. The summed E-state index contributed by atoms with van der Waals surface area (Å²) in [6, 6.07) is 2.34. The lowest BCUT2D eigenvalue weighted by Crippen LogP contribution is -2.16. The minimum Gasteiger partial charge on any atom is -0.366 e. The molecule has 1 saturated heterocycles. The third kappa shape index (κ3) is 1.68. The Bertz CT molecular complexity index is 271. The van der Waals surface area contributed by atoms with Gasteiger partial charge < -0.3 is 4.90 Å². The first kappa shape index (κ1) is 8.96. The van der Waals surface area contributed by atoms with Crippen molar-refractivity contribution in [1.82, 2.24) is 4.90 Å². The maximum atomic E-state index is 8.97. The normalized spacial score (nSPS) is 28.3. The zero-order valence-electron chi connectivity index (χ0n) is 7.92. The van der Waals surface area contributed by atoms with Crippen LogP contribution in [0.2, 0.25) is 0 Å². The second-order valence-electron chi connectivity index (χ2n) is 3.72. The molecule has 0 aromatic carbocycles. The van der Waals surface area contributed by atoms with E-state index in [9.17, 15) is 0 Å². The minimum absolute atomic E-state index is 0.602. The van der Waals surface area contributed by atoms with Crippen molar-refractivity contribution in [2.24, 2.45) is 0 Å². The highest BCUT2D eigenvalue weighted by Crippen LogP contribution is 2.40. The third-order valence-corrected chi connectivity index (χ3v) is 3.89. The van der Waals surface area contributed by atoms with Crippen LogP contribution in [0.3, 0.4) is 0 Å². The van der Waals surface area contributed by atoms with Gasteiger partial charge in [-0.1, -0.05) is 6.92 Å². The molecular weight excluding hydrogens is 180 g/mol. The number of hydrogen-bond donors (Lipinski definition) is 0. The average Bonchev–Trinajstić information content (AvgIpc) is 2.71. The first-order valence-electron chi connectivity index (χ1n) is 4.86. The predicted molar refractivity (Wildman–Crippen MR) is 55.1 cm³/mol. The van der Waals surface area contributed by atoms with E-state index >= 15 is 0 Å². The highest BCUT2D eigenvalue weighted by atomic mass is 32.2. The number of nitrogens with zero attached hydrogens (tertiary/aromatic N) is 2. The van der Waals surface area contributed by atoms with Gasteiger partial charge in [0.25, 0.3) is 0 Å². The van der Waals surface area contributed by atoms with Crippen LogP contribution in [0.15, 0.2) is 10.6 Å². The Kier molecular flexibility index (Phi) is 2.50. The van der Waals surface area contributed by atoms with Crippen molar-refractivity contribution in [1.29, 1.82) is 5.26 Å². The van der Waals surface area contributed by atoms with Crippen molar-refractivity contribution in [3.8, 4) is 6.07 Å². The van der Waals surface area contributed by atoms with Gasteiger partial charge in [0.2, 0.25) is 0 Å². The molecule has 1 fully saturated rings. The lowest BCUT2D eigenvalue weighted by atomic mass is 10.2. The largest absolute Gasteiger partial charge is 0.366 e. The fraction of sp³-hybridized carbons (Fsp3) is 0.700. The Labute approximate surface area is 83.6 Å². The van der Waals surface area contributed by atoms with E-state index in [4.69, 9.17) is 5.26 Å². The van der Waals surface area contributed by atoms with Crippen LogP contribution in [0.1, 0.15) is 26.2 Å². The number of nitriles is 1. The Morgan fingerprint density at radius 3 is 2.77 bits per heavy atom. The molecule has 0 spiro atoms. The molecule has 3 heteroatoms. The molecule has 70 valence electrons. The van der Waals surface area contributed by atoms with Gasteiger partial charge in [-0.3, -0.25) is 0 Å². The Balaban J connectivity index is 2.15. The third-order valence-electron chi connectivity index (χ3n) is 2.59. The second kappa shape index (κ2) is 3.63. The van der Waals surface area contributed by atoms with Crippen LogP contribution in [-0.2, 0) is 0 Å². The molecular formula is C10H14N2S. The SMILES string of the molecule is CC1CC(C#N)=C(N2CCCC2)S1. The van der Waals surface area contributed by atoms with Crippen molar-refractivity contribution in [2.75, 3.05) is 13.1 Å². The fourth-order valence-corrected chi connectivity index (χ4v) is 3.19. The Morgan fingerprint density at radius 1 is 1.46 bits per heavy atom. The molecule has 2 rings (SSSR count). The van der Waals surface area contributed by atoms with Crippen LogP contribution in [0.4, 0.5) is 0 Å². The molecule has 2 aliphatic heterocycles. The first-order valence-corrected chi connectivity index (χ1v) is 5.74. The summed E-state index contributed by atoms with van der Waals surface area (Å²) in [4.78, 5) is 2.38. The lowest BCUT2D eigenvalue weighted by molar-refractivity contribution is 0.455. The highest BCUT2D eigenvalue weighted by molar-refractivity contribution is 8.03. The molecule has 2 heterocycles. The van der Waals surface area contributed by atoms with Gasteiger partial charge in [0.05, 0.1) is 16.7 Å². The standard InChI is InChI=1S/C10H14N2S/c1-8-6-9(7-11)10(13-8)12-4-2-3-5-12/h8H,2-6H2,1H3. The van der Waals surface area contributed by atoms with E-state index in [0.29, 0.717) is 5.25 Å². The van der Waals surface area contributed by atoms with E-state index in [1.165, 1.54) is 17.9 Å². The van der Waals surface area contributed by atoms with Crippen LogP contribution in [0.25, 0.3) is 0 Å². The van der Waals surface area contributed by atoms with Gasteiger partial charge in [0, 0.05) is 18.3 Å². The van der Waals surface area contributed by atoms with Crippen LogP contribution in [0.5, 0.6) is 0 Å². The molecule has 13 heavy (non-hydrogen) atoms. The quantitative estimate of drug-likeness (QED) is 0.641. The smallest absolute Gasteiger partial charge is 0.0975 e. The summed E-state index contributed by atoms with van der Waals surface area (Å²) in [5, 5.41) is 10.8. The number of allylic oxidation sites excluding steroid dienone is 1. The maximum Gasteiger partial charge on any atom is 0.0975 e. The summed E-state index contributed by atoms with van der Waals surface area (Å²) in [7, 11) is 0. The summed E-state index contributed by atoms with van der Waals surface area (Å²) < 4.78 is 0. The summed E-state index contributed by atoms with van der Waals surface area (Å²) in [6.07, 6.45) is 3.54. The van der Waals surface area contributed by atoms with Gasteiger partial charge in [-0.25, -0.2) is 0 Å². The Hall–Kier alpha value is -0.620. The van der Waals surface area contributed by atoms with Gasteiger partial charge in [-0.15, -0.1) is 11.8 Å². The Morgan fingerprint density at radius 2 is 2.15 bits per heavy atom. The summed E-state index contributed by atoms with van der Waals surface area (Å²) in [6.45, 7) is 4.51. The molecule has 2 aliphatic rings. The summed E-state index contributed by atoms with van der Waals surface area (Å²) >= 11 is 1.88. The molecule has 0 N–H and O–H groups in total. The van der Waals surface area contributed by atoms with E-state index in [0.717, 1.165) is 25.1 Å². The van der Waals surface area contributed by atoms with E-state index in [2.05, 4.69) is 17.9 Å². The summed E-state index contributed by atoms with van der Waals surface area (Å²) in [5.41, 5.74) is 1.01. The van der Waals surface area contributed by atoms with Crippen LogP contribution in [-0.4, -0.2) is 23.2 Å². The fourth-order valence-electron chi connectivity index (χ4n) is 1.96. The van der Waals surface area contributed by atoms with Gasteiger partial charge >= 0.3 is 0 Å². The molecule has 0 bridgehead atoms. The highest BCUT2D eigenvalue weighted by Gasteiger charge is 2.27. The van der Waals surface area contributed by atoms with Crippen LogP contribution >= 0.6 is 11.8 Å². The van der Waals surface area contributed by atoms with Crippen molar-refractivity contribution in [3.05, 3.63) is 10.6 Å². The molecule has 1 atom stereocenters. The monoisotopic (exact) mass is 194 g/mol. The number of thioether (sulfide) groups is 1. The molecule has 0 radical (unpaired) electrons. The van der Waals surface area contributed by atoms with E-state index < -0.39 is 0 Å². The zero-order valence-corrected chi connectivity index (χ0v) is 8.73. The molecule has 0 aliphatic carbocycles. The zero-order chi connectivity index (χ0) is 9.26. The van der Waals surface area contributed by atoms with Gasteiger partial charge in [-0.2, -0.15) is 5.26 Å². The van der Waals surface area contributed by atoms with Crippen LogP contribution < -0.4 is 0 Å². The van der Waals surface area contributed by atoms with E-state index in [1.807, 2.05) is 11.8 Å². The number of likely N-dealkylation sites (tertiary alicyclic amines) is 1. The van der Waals surface area contributed by atoms with Crippen molar-refractivity contribution < 1.29 is 0 Å². The average molecular weight is 194 g/mol. The molecule has 0 saturated carbocycles. The molecule has 0 amide bonds. The van der Waals surface area contributed by atoms with Crippen molar-refractivity contribution >= 4 is 11.8 Å². The number of hydrogen-bond acceptors (Lipinski definition) is 3. The van der Waals surface area contributed by atoms with Gasteiger partial charge in [-0.05, 0) is 19.3 Å². The first-order chi connectivity index (χ1) is 6.31. The van der Waals surface area contributed by atoms with E-state index in [-0.39, 0.29) is 0 Å². The van der Waals surface area contributed by atoms with Crippen molar-refractivity contribution in [3.63, 3.8) is 0 Å². The number of rotatable bonds is 1. The predicted octanol–water partition coefficient (Wildman–Crippen LogP) is 2.34. The van der Waals surface area contributed by atoms with Gasteiger partial charge in [0.15, 0.2) is 0 Å². The van der Waals surface area contributed by atoms with Crippen LogP contribution in [0, 0.1) is 11.3 Å². The molecule has 1 unspecified atom stereocenters. The van der Waals surface area contributed by atoms with E-state index in [1.54, 1.807) is 0 Å². The van der Waals surface area contributed by atoms with Gasteiger partial charge in [0.1, 0.15) is 0 Å². The molecule has 0 aromatic heterocycles. The lowest BCUT2D eigenvalue weighted by Gasteiger charge is -2.18.